The predicted molar refractivity (Wildman–Crippen MR) is 101 cm³/mol. The molecule has 2 aromatic carbocycles. The van der Waals surface area contributed by atoms with Crippen molar-refractivity contribution < 1.29 is 9.59 Å². The van der Waals surface area contributed by atoms with Gasteiger partial charge in [0.25, 0.3) is 0 Å². The molecule has 2 rings (SSSR count). The van der Waals surface area contributed by atoms with Crippen LogP contribution in [0.5, 0.6) is 0 Å². The van der Waals surface area contributed by atoms with Crippen LogP contribution in [0, 0.1) is 0 Å². The Morgan fingerprint density at radius 3 is 1.92 bits per heavy atom. The Bertz CT molecular complexity index is 767. The van der Waals surface area contributed by atoms with E-state index in [1.54, 1.807) is 0 Å². The number of hydrogen-bond acceptors (Lipinski definition) is 2. The molecule has 2 amide bonds. The minimum Gasteiger partial charge on any atom is -0.326 e. The fourth-order valence-electron chi connectivity index (χ4n) is 2.54. The number of hydrogen-bond donors (Lipinski definition) is 2. The minimum absolute atomic E-state index is 0.0838. The van der Waals surface area contributed by atoms with Gasteiger partial charge in [-0.1, -0.05) is 32.0 Å². The summed E-state index contributed by atoms with van der Waals surface area (Å²) >= 11 is 3.52. The molecule has 0 aliphatic heterocycles. The Morgan fingerprint density at radius 2 is 1.42 bits per heavy atom. The normalized spacial score (nSPS) is 11.0. The van der Waals surface area contributed by atoms with E-state index in [0.29, 0.717) is 0 Å². The highest BCUT2D eigenvalue weighted by Crippen LogP contribution is 2.35. The first kappa shape index (κ1) is 18.2. The van der Waals surface area contributed by atoms with Crippen LogP contribution in [0.1, 0.15) is 38.8 Å². The van der Waals surface area contributed by atoms with Crippen LogP contribution in [0.2, 0.25) is 0 Å². The van der Waals surface area contributed by atoms with Crippen LogP contribution in [0.4, 0.5) is 11.4 Å². The molecule has 0 aromatic heterocycles. The van der Waals surface area contributed by atoms with Crippen LogP contribution in [0.3, 0.4) is 0 Å². The summed E-state index contributed by atoms with van der Waals surface area (Å²) in [6, 6.07) is 13.8. The van der Waals surface area contributed by atoms with Gasteiger partial charge >= 0.3 is 0 Å². The Morgan fingerprint density at radius 1 is 0.875 bits per heavy atom. The second-order valence-corrected chi connectivity index (χ2v) is 7.11. The number of rotatable bonds is 4. The fourth-order valence-corrected chi connectivity index (χ4v) is 3.01. The van der Waals surface area contributed by atoms with Crippen LogP contribution in [0.25, 0.3) is 0 Å². The molecule has 0 saturated carbocycles. The van der Waals surface area contributed by atoms with Crippen molar-refractivity contribution in [2.45, 2.75) is 33.1 Å². The molecular weight excluding hydrogens is 368 g/mol. The predicted octanol–water partition coefficient (Wildman–Crippen LogP) is 4.69. The van der Waals surface area contributed by atoms with Gasteiger partial charge in [0, 0.05) is 29.4 Å². The summed E-state index contributed by atoms with van der Waals surface area (Å²) in [6.07, 6.45) is 0. The molecule has 0 unspecified atom stereocenters. The van der Waals surface area contributed by atoms with E-state index in [1.165, 1.54) is 13.8 Å². The quantitative estimate of drug-likeness (QED) is 0.797. The maximum Gasteiger partial charge on any atom is 0.221 e. The molecule has 126 valence electrons. The van der Waals surface area contributed by atoms with Gasteiger partial charge in [0.1, 0.15) is 0 Å². The number of carbonyl (C=O) groups excluding carboxylic acids is 2. The van der Waals surface area contributed by atoms with Crippen molar-refractivity contribution in [2.75, 3.05) is 10.6 Å². The molecule has 0 spiro atoms. The third-order valence-electron chi connectivity index (χ3n) is 3.93. The summed E-state index contributed by atoms with van der Waals surface area (Å²) in [5.74, 6) is -0.184. The van der Waals surface area contributed by atoms with Gasteiger partial charge in [-0.05, 0) is 51.3 Å². The fraction of sp³-hybridized carbons (Fsp3) is 0.263. The first-order chi connectivity index (χ1) is 11.2. The van der Waals surface area contributed by atoms with E-state index < -0.39 is 0 Å². The van der Waals surface area contributed by atoms with Crippen LogP contribution in [0.15, 0.2) is 46.9 Å². The summed E-state index contributed by atoms with van der Waals surface area (Å²) < 4.78 is 0.846. The van der Waals surface area contributed by atoms with Gasteiger partial charge in [-0.25, -0.2) is 0 Å². The lowest BCUT2D eigenvalue weighted by atomic mass is 9.78. The van der Waals surface area contributed by atoms with Crippen LogP contribution >= 0.6 is 15.9 Å². The number of carbonyl (C=O) groups is 2. The van der Waals surface area contributed by atoms with Crippen molar-refractivity contribution in [3.8, 4) is 0 Å². The first-order valence-corrected chi connectivity index (χ1v) is 8.45. The second kappa shape index (κ2) is 7.18. The maximum atomic E-state index is 11.2. The highest BCUT2D eigenvalue weighted by atomic mass is 79.9. The molecule has 2 N–H and O–H groups in total. The monoisotopic (exact) mass is 388 g/mol. The van der Waals surface area contributed by atoms with Gasteiger partial charge in [-0.2, -0.15) is 0 Å². The van der Waals surface area contributed by atoms with Gasteiger partial charge in [0.15, 0.2) is 0 Å². The zero-order valence-electron chi connectivity index (χ0n) is 14.2. The summed E-state index contributed by atoms with van der Waals surface area (Å²) in [4.78, 5) is 22.3. The molecule has 0 bridgehead atoms. The van der Waals surface area contributed by atoms with Gasteiger partial charge < -0.3 is 10.6 Å². The Kier molecular flexibility index (Phi) is 5.44. The lowest BCUT2D eigenvalue weighted by molar-refractivity contribution is -0.115. The largest absolute Gasteiger partial charge is 0.326 e. The molecule has 0 radical (unpaired) electrons. The summed E-state index contributed by atoms with van der Waals surface area (Å²) in [6.45, 7) is 7.26. The van der Waals surface area contributed by atoms with Gasteiger partial charge in [0.05, 0.1) is 5.69 Å². The zero-order valence-corrected chi connectivity index (χ0v) is 15.8. The van der Waals surface area contributed by atoms with Crippen molar-refractivity contribution in [3.05, 3.63) is 58.1 Å². The topological polar surface area (TPSA) is 58.2 Å². The molecular formula is C19H21BrN2O2. The molecule has 5 heteroatoms. The molecule has 2 aromatic rings. The maximum absolute atomic E-state index is 11.2. The van der Waals surface area contributed by atoms with E-state index in [0.717, 1.165) is 27.0 Å². The van der Waals surface area contributed by atoms with Crippen molar-refractivity contribution in [3.63, 3.8) is 0 Å². The van der Waals surface area contributed by atoms with Crippen molar-refractivity contribution in [1.29, 1.82) is 0 Å². The Hall–Kier alpha value is -2.14. The number of nitrogens with one attached hydrogen (secondary N) is 2. The van der Waals surface area contributed by atoms with E-state index in [-0.39, 0.29) is 17.2 Å². The van der Waals surface area contributed by atoms with Crippen LogP contribution in [-0.4, -0.2) is 11.8 Å². The van der Waals surface area contributed by atoms with E-state index in [2.05, 4.69) is 40.4 Å². The molecule has 24 heavy (non-hydrogen) atoms. The Balaban J connectivity index is 2.30. The van der Waals surface area contributed by atoms with E-state index in [1.807, 2.05) is 42.5 Å². The molecule has 0 atom stereocenters. The SMILES string of the molecule is CC(=O)Nc1ccc(C(C)(C)c2ccc(NC(C)=O)c(Br)c2)cc1. The lowest BCUT2D eigenvalue weighted by Gasteiger charge is -2.27. The summed E-state index contributed by atoms with van der Waals surface area (Å²) in [5.41, 5.74) is 3.57. The van der Waals surface area contributed by atoms with E-state index >= 15 is 0 Å². The molecule has 0 heterocycles. The molecule has 0 saturated heterocycles. The van der Waals surface area contributed by atoms with Crippen LogP contribution in [-0.2, 0) is 15.0 Å². The average molecular weight is 389 g/mol. The first-order valence-electron chi connectivity index (χ1n) is 7.66. The van der Waals surface area contributed by atoms with Gasteiger partial charge in [0.2, 0.25) is 11.8 Å². The van der Waals surface area contributed by atoms with Crippen molar-refractivity contribution in [2.24, 2.45) is 0 Å². The summed E-state index contributed by atoms with van der Waals surface area (Å²) in [7, 11) is 0. The minimum atomic E-state index is -0.216. The highest BCUT2D eigenvalue weighted by Gasteiger charge is 2.24. The molecule has 0 fully saturated rings. The molecule has 0 aliphatic rings. The lowest BCUT2D eigenvalue weighted by Crippen LogP contribution is -2.19. The zero-order chi connectivity index (χ0) is 17.9. The number of halogens is 1. The van der Waals surface area contributed by atoms with Crippen LogP contribution < -0.4 is 10.6 Å². The van der Waals surface area contributed by atoms with Crippen molar-refractivity contribution in [1.82, 2.24) is 0 Å². The third kappa shape index (κ3) is 4.23. The highest BCUT2D eigenvalue weighted by molar-refractivity contribution is 9.10. The number of amides is 2. The Labute approximate surface area is 150 Å². The number of anilines is 2. The smallest absolute Gasteiger partial charge is 0.221 e. The van der Waals surface area contributed by atoms with E-state index in [4.69, 9.17) is 0 Å². The second-order valence-electron chi connectivity index (χ2n) is 6.26. The molecule has 0 aliphatic carbocycles. The molecule has 4 nitrogen and oxygen atoms in total. The summed E-state index contributed by atoms with van der Waals surface area (Å²) in [5, 5.41) is 5.56. The van der Waals surface area contributed by atoms with Gasteiger partial charge in [-0.3, -0.25) is 9.59 Å². The van der Waals surface area contributed by atoms with Gasteiger partial charge in [-0.15, -0.1) is 0 Å². The average Bonchev–Trinajstić information content (AvgIpc) is 2.48. The third-order valence-corrected chi connectivity index (χ3v) is 4.58. The number of benzene rings is 2. The van der Waals surface area contributed by atoms with E-state index in [9.17, 15) is 9.59 Å². The standard InChI is InChI=1S/C19H21BrN2O2/c1-12(23)21-16-8-5-14(6-9-16)19(3,4)15-7-10-18(17(20)11-15)22-13(2)24/h5-11H,1-4H3,(H,21,23)(H,22,24). The van der Waals surface area contributed by atoms with Crippen molar-refractivity contribution >= 4 is 39.1 Å².